The summed E-state index contributed by atoms with van der Waals surface area (Å²) in [5.41, 5.74) is 1.57. The van der Waals surface area contributed by atoms with Crippen molar-refractivity contribution in [2.24, 2.45) is 0 Å². The Morgan fingerprint density at radius 1 is 1.12 bits per heavy atom. The number of ether oxygens (including phenoxy) is 2. The lowest BCUT2D eigenvalue weighted by Crippen LogP contribution is -2.03. The first kappa shape index (κ1) is 11.6. The largest absolute Gasteiger partial charge is 0.352 e. The average molecular weight is 227 g/mol. The summed E-state index contributed by atoms with van der Waals surface area (Å²) in [5, 5.41) is 11.0. The first-order valence-corrected chi connectivity index (χ1v) is 5.28. The number of hydrogen-bond donors (Lipinski definition) is 0. The van der Waals surface area contributed by atoms with E-state index in [9.17, 15) is 0 Å². The maximum atomic E-state index is 9.07. The number of rotatable bonds is 3. The Balaban J connectivity index is 2.60. The van der Waals surface area contributed by atoms with Crippen LogP contribution in [-0.4, -0.2) is 14.2 Å². The lowest BCUT2D eigenvalue weighted by molar-refractivity contribution is -0.105. The summed E-state index contributed by atoms with van der Waals surface area (Å²) < 4.78 is 10.4. The molecule has 0 aliphatic heterocycles. The van der Waals surface area contributed by atoms with E-state index < -0.39 is 6.29 Å². The molecule has 0 fully saturated rings. The first-order chi connectivity index (χ1) is 8.30. The smallest absolute Gasteiger partial charge is 0.183 e. The molecule has 0 aliphatic rings. The molecule has 0 amide bonds. The molecule has 2 aromatic rings. The normalized spacial score (nSPS) is 10.7. The minimum Gasteiger partial charge on any atom is -0.352 e. The number of nitrogens with zero attached hydrogens (tertiary/aromatic N) is 1. The number of hydrogen-bond acceptors (Lipinski definition) is 3. The molecule has 2 rings (SSSR count). The minimum atomic E-state index is -0.397. The van der Waals surface area contributed by atoms with Crippen molar-refractivity contribution in [2.75, 3.05) is 14.2 Å². The molecule has 0 aromatic heterocycles. The highest BCUT2D eigenvalue weighted by molar-refractivity contribution is 5.88. The molecule has 0 saturated carbocycles. The monoisotopic (exact) mass is 227 g/mol. The Morgan fingerprint density at radius 3 is 2.53 bits per heavy atom. The van der Waals surface area contributed by atoms with Crippen LogP contribution >= 0.6 is 0 Å². The van der Waals surface area contributed by atoms with Crippen molar-refractivity contribution in [1.29, 1.82) is 5.26 Å². The summed E-state index contributed by atoms with van der Waals surface area (Å²) >= 11 is 0. The molecular weight excluding hydrogens is 214 g/mol. The van der Waals surface area contributed by atoms with Crippen LogP contribution in [0.25, 0.3) is 10.8 Å². The predicted molar refractivity (Wildman–Crippen MR) is 65.4 cm³/mol. The van der Waals surface area contributed by atoms with Crippen LogP contribution < -0.4 is 0 Å². The highest BCUT2D eigenvalue weighted by atomic mass is 16.7. The van der Waals surface area contributed by atoms with Crippen LogP contribution in [0, 0.1) is 11.3 Å². The Hall–Kier alpha value is -1.89. The molecule has 0 saturated heterocycles. The van der Waals surface area contributed by atoms with Gasteiger partial charge in [-0.05, 0) is 22.9 Å². The molecule has 86 valence electrons. The topological polar surface area (TPSA) is 42.2 Å². The Morgan fingerprint density at radius 2 is 1.88 bits per heavy atom. The predicted octanol–water partition coefficient (Wildman–Crippen LogP) is 3.00. The van der Waals surface area contributed by atoms with Gasteiger partial charge in [0.15, 0.2) is 6.29 Å². The average Bonchev–Trinajstić information content (AvgIpc) is 2.39. The number of benzene rings is 2. The van der Waals surface area contributed by atoms with E-state index in [1.165, 1.54) is 0 Å². The molecular formula is C14H13NO2. The van der Waals surface area contributed by atoms with E-state index in [1.54, 1.807) is 20.3 Å². The zero-order chi connectivity index (χ0) is 12.3. The fraction of sp³-hybridized carbons (Fsp3) is 0.214. The van der Waals surface area contributed by atoms with Gasteiger partial charge in [0.25, 0.3) is 0 Å². The van der Waals surface area contributed by atoms with Crippen molar-refractivity contribution >= 4 is 10.8 Å². The molecule has 0 radical (unpaired) electrons. The van der Waals surface area contributed by atoms with Gasteiger partial charge in [0.05, 0.1) is 11.6 Å². The lowest BCUT2D eigenvalue weighted by Gasteiger charge is -2.14. The fourth-order valence-corrected chi connectivity index (χ4v) is 1.90. The van der Waals surface area contributed by atoms with Crippen LogP contribution in [0.15, 0.2) is 36.4 Å². The second-order valence-corrected chi connectivity index (χ2v) is 3.70. The molecule has 0 heterocycles. The van der Waals surface area contributed by atoms with E-state index in [1.807, 2.05) is 30.3 Å². The molecule has 0 atom stereocenters. The van der Waals surface area contributed by atoms with Crippen molar-refractivity contribution in [2.45, 2.75) is 6.29 Å². The zero-order valence-corrected chi connectivity index (χ0v) is 9.81. The molecule has 0 unspecified atom stereocenters. The van der Waals surface area contributed by atoms with Gasteiger partial charge in [0.1, 0.15) is 0 Å². The summed E-state index contributed by atoms with van der Waals surface area (Å²) in [6.07, 6.45) is -0.397. The zero-order valence-electron chi connectivity index (χ0n) is 9.81. The lowest BCUT2D eigenvalue weighted by atomic mass is 10.0. The van der Waals surface area contributed by atoms with Crippen molar-refractivity contribution in [3.05, 3.63) is 47.5 Å². The van der Waals surface area contributed by atoms with Crippen molar-refractivity contribution in [1.82, 2.24) is 0 Å². The Bertz CT molecular complexity index is 568. The van der Waals surface area contributed by atoms with Gasteiger partial charge in [-0.3, -0.25) is 0 Å². The molecule has 17 heavy (non-hydrogen) atoms. The molecule has 0 spiro atoms. The summed E-state index contributed by atoms with van der Waals surface area (Å²) in [4.78, 5) is 0. The summed E-state index contributed by atoms with van der Waals surface area (Å²) in [7, 11) is 3.18. The number of nitriles is 1. The third kappa shape index (κ3) is 2.14. The molecule has 0 N–H and O–H groups in total. The summed E-state index contributed by atoms with van der Waals surface area (Å²) in [5.74, 6) is 0. The number of methoxy groups -OCH3 is 2. The molecule has 2 aromatic carbocycles. The van der Waals surface area contributed by atoms with E-state index in [4.69, 9.17) is 14.7 Å². The highest BCUT2D eigenvalue weighted by Crippen LogP contribution is 2.24. The van der Waals surface area contributed by atoms with Gasteiger partial charge in [-0.2, -0.15) is 5.26 Å². The van der Waals surface area contributed by atoms with E-state index in [-0.39, 0.29) is 0 Å². The third-order valence-electron chi connectivity index (χ3n) is 2.73. The van der Waals surface area contributed by atoms with Crippen LogP contribution in [0.5, 0.6) is 0 Å². The van der Waals surface area contributed by atoms with E-state index in [0.29, 0.717) is 5.56 Å². The van der Waals surface area contributed by atoms with Gasteiger partial charge in [-0.25, -0.2) is 0 Å². The van der Waals surface area contributed by atoms with E-state index in [2.05, 4.69) is 6.07 Å². The van der Waals surface area contributed by atoms with Gasteiger partial charge in [-0.1, -0.05) is 24.3 Å². The van der Waals surface area contributed by atoms with E-state index >= 15 is 0 Å². The third-order valence-corrected chi connectivity index (χ3v) is 2.73. The first-order valence-electron chi connectivity index (χ1n) is 5.28. The van der Waals surface area contributed by atoms with Crippen LogP contribution in [-0.2, 0) is 9.47 Å². The van der Waals surface area contributed by atoms with Gasteiger partial charge in [-0.15, -0.1) is 0 Å². The standard InChI is InChI=1S/C14H13NO2/c1-16-14(17-2)11-7-6-10-4-3-5-12(9-15)13(10)8-11/h3-8,14H,1-2H3. The quantitative estimate of drug-likeness (QED) is 0.757. The highest BCUT2D eigenvalue weighted by Gasteiger charge is 2.10. The Labute approximate surface area is 100 Å². The van der Waals surface area contributed by atoms with Gasteiger partial charge < -0.3 is 9.47 Å². The van der Waals surface area contributed by atoms with Crippen LogP contribution in [0.3, 0.4) is 0 Å². The maximum Gasteiger partial charge on any atom is 0.183 e. The fourth-order valence-electron chi connectivity index (χ4n) is 1.90. The van der Waals surface area contributed by atoms with Crippen LogP contribution in [0.2, 0.25) is 0 Å². The van der Waals surface area contributed by atoms with E-state index in [0.717, 1.165) is 16.3 Å². The van der Waals surface area contributed by atoms with Gasteiger partial charge in [0, 0.05) is 19.8 Å². The van der Waals surface area contributed by atoms with Gasteiger partial charge >= 0.3 is 0 Å². The van der Waals surface area contributed by atoms with Crippen LogP contribution in [0.4, 0.5) is 0 Å². The SMILES string of the molecule is COC(OC)c1ccc2cccc(C#N)c2c1. The summed E-state index contributed by atoms with van der Waals surface area (Å²) in [6, 6.07) is 13.7. The second kappa shape index (κ2) is 4.96. The van der Waals surface area contributed by atoms with Gasteiger partial charge in [0.2, 0.25) is 0 Å². The van der Waals surface area contributed by atoms with Crippen molar-refractivity contribution in [3.63, 3.8) is 0 Å². The molecule has 3 heteroatoms. The molecule has 3 nitrogen and oxygen atoms in total. The maximum absolute atomic E-state index is 9.07. The van der Waals surface area contributed by atoms with Crippen molar-refractivity contribution < 1.29 is 9.47 Å². The van der Waals surface area contributed by atoms with Crippen LogP contribution in [0.1, 0.15) is 17.4 Å². The molecule has 0 aliphatic carbocycles. The Kier molecular flexibility index (Phi) is 3.38. The molecule has 0 bridgehead atoms. The van der Waals surface area contributed by atoms with Crippen molar-refractivity contribution in [3.8, 4) is 6.07 Å². The minimum absolute atomic E-state index is 0.397. The number of fused-ring (bicyclic) bond motifs is 1. The second-order valence-electron chi connectivity index (χ2n) is 3.70. The summed E-state index contributed by atoms with van der Waals surface area (Å²) in [6.45, 7) is 0.